The van der Waals surface area contributed by atoms with Gasteiger partial charge in [-0.05, 0) is 19.1 Å². The Balaban J connectivity index is 2.30. The van der Waals surface area contributed by atoms with Crippen LogP contribution in [0.1, 0.15) is 12.5 Å². The molecule has 1 N–H and O–H groups in total. The van der Waals surface area contributed by atoms with Gasteiger partial charge < -0.3 is 5.32 Å². The minimum atomic E-state index is -0.527. The van der Waals surface area contributed by atoms with Crippen molar-refractivity contribution in [2.45, 2.75) is 13.5 Å². The van der Waals surface area contributed by atoms with Gasteiger partial charge in [-0.2, -0.15) is 10.4 Å². The summed E-state index contributed by atoms with van der Waals surface area (Å²) in [7, 11) is 0. The molecule has 0 aliphatic carbocycles. The van der Waals surface area contributed by atoms with Gasteiger partial charge in [0.15, 0.2) is 0 Å². The second-order valence-electron chi connectivity index (χ2n) is 3.48. The summed E-state index contributed by atoms with van der Waals surface area (Å²) >= 11 is 0. The van der Waals surface area contributed by atoms with Crippen LogP contribution in [0, 0.1) is 17.1 Å². The molecule has 0 bridgehead atoms. The van der Waals surface area contributed by atoms with Crippen molar-refractivity contribution in [3.63, 3.8) is 0 Å². The lowest BCUT2D eigenvalue weighted by molar-refractivity contribution is 0.624. The highest BCUT2D eigenvalue weighted by atomic mass is 19.1. The predicted octanol–water partition coefficient (Wildman–Crippen LogP) is 2.66. The van der Waals surface area contributed by atoms with E-state index in [2.05, 4.69) is 10.4 Å². The van der Waals surface area contributed by atoms with E-state index in [1.165, 1.54) is 6.07 Å². The fourth-order valence-electron chi connectivity index (χ4n) is 1.50. The molecule has 0 fully saturated rings. The number of hydrogen-bond acceptors (Lipinski definition) is 3. The van der Waals surface area contributed by atoms with Crippen LogP contribution < -0.4 is 5.32 Å². The molecule has 2 aromatic rings. The number of anilines is 2. The summed E-state index contributed by atoms with van der Waals surface area (Å²) in [4.78, 5) is 0. The number of rotatable bonds is 3. The number of hydrogen-bond donors (Lipinski definition) is 1. The van der Waals surface area contributed by atoms with Gasteiger partial charge in [-0.3, -0.25) is 4.68 Å². The molecule has 1 aromatic carbocycles. The van der Waals surface area contributed by atoms with E-state index in [9.17, 15) is 4.39 Å². The highest BCUT2D eigenvalue weighted by Crippen LogP contribution is 2.22. The fourth-order valence-corrected chi connectivity index (χ4v) is 1.50. The highest BCUT2D eigenvalue weighted by molar-refractivity contribution is 5.65. The lowest BCUT2D eigenvalue weighted by atomic mass is 10.2. The molecule has 0 radical (unpaired) electrons. The normalized spacial score (nSPS) is 9.94. The maximum atomic E-state index is 13.3. The third kappa shape index (κ3) is 2.26. The Bertz CT molecular complexity index is 568. The Morgan fingerprint density at radius 3 is 3.00 bits per heavy atom. The van der Waals surface area contributed by atoms with Gasteiger partial charge in [-0.15, -0.1) is 0 Å². The first-order valence-electron chi connectivity index (χ1n) is 5.22. The smallest absolute Gasteiger partial charge is 0.143 e. The Labute approximate surface area is 98.3 Å². The van der Waals surface area contributed by atoms with E-state index >= 15 is 0 Å². The van der Waals surface area contributed by atoms with Crippen molar-refractivity contribution in [1.29, 1.82) is 5.26 Å². The summed E-state index contributed by atoms with van der Waals surface area (Å²) in [5, 5.41) is 15.9. The molecule has 17 heavy (non-hydrogen) atoms. The number of nitrogens with zero attached hydrogens (tertiary/aromatic N) is 3. The zero-order valence-electron chi connectivity index (χ0n) is 9.31. The number of nitrogens with one attached hydrogen (secondary N) is 1. The van der Waals surface area contributed by atoms with Gasteiger partial charge >= 0.3 is 0 Å². The molecule has 1 heterocycles. The third-order valence-corrected chi connectivity index (χ3v) is 2.36. The van der Waals surface area contributed by atoms with Crippen molar-refractivity contribution >= 4 is 11.4 Å². The zero-order valence-corrected chi connectivity index (χ0v) is 9.31. The third-order valence-electron chi connectivity index (χ3n) is 2.36. The van der Waals surface area contributed by atoms with Crippen LogP contribution in [0.4, 0.5) is 15.8 Å². The maximum absolute atomic E-state index is 13.3. The van der Waals surface area contributed by atoms with Crippen LogP contribution in [0.25, 0.3) is 0 Å². The Kier molecular flexibility index (Phi) is 3.06. The first kappa shape index (κ1) is 11.1. The average Bonchev–Trinajstić information content (AvgIpc) is 2.77. The van der Waals surface area contributed by atoms with Gasteiger partial charge in [-0.25, -0.2) is 4.39 Å². The molecule has 0 saturated heterocycles. The topological polar surface area (TPSA) is 53.6 Å². The lowest BCUT2D eigenvalue weighted by Crippen LogP contribution is -1.95. The van der Waals surface area contributed by atoms with Crippen molar-refractivity contribution < 1.29 is 4.39 Å². The average molecular weight is 230 g/mol. The summed E-state index contributed by atoms with van der Waals surface area (Å²) in [5.41, 5.74) is 1.19. The summed E-state index contributed by atoms with van der Waals surface area (Å²) in [6.45, 7) is 2.73. The SMILES string of the molecule is CCn1cc(Nc2cccc(F)c2C#N)cn1. The zero-order chi connectivity index (χ0) is 12.3. The van der Waals surface area contributed by atoms with Crippen LogP contribution in [0.15, 0.2) is 30.6 Å². The molecule has 0 unspecified atom stereocenters. The summed E-state index contributed by atoms with van der Waals surface area (Å²) in [6.07, 6.45) is 3.43. The number of nitriles is 1. The molecule has 5 heteroatoms. The second kappa shape index (κ2) is 4.66. The van der Waals surface area contributed by atoms with E-state index in [4.69, 9.17) is 5.26 Å². The van der Waals surface area contributed by atoms with Crippen molar-refractivity contribution in [2.75, 3.05) is 5.32 Å². The molecule has 0 atom stereocenters. The van der Waals surface area contributed by atoms with Gasteiger partial charge in [0, 0.05) is 12.7 Å². The van der Waals surface area contributed by atoms with Crippen LogP contribution in [0.2, 0.25) is 0 Å². The molecule has 2 rings (SSSR count). The summed E-state index contributed by atoms with van der Waals surface area (Å²) in [5.74, 6) is -0.527. The van der Waals surface area contributed by atoms with Gasteiger partial charge in [0.2, 0.25) is 0 Å². The fraction of sp³-hybridized carbons (Fsp3) is 0.167. The van der Waals surface area contributed by atoms with Crippen molar-refractivity contribution in [1.82, 2.24) is 9.78 Å². The van der Waals surface area contributed by atoms with E-state index < -0.39 is 5.82 Å². The Hall–Kier alpha value is -2.35. The highest BCUT2D eigenvalue weighted by Gasteiger charge is 2.08. The minimum Gasteiger partial charge on any atom is -0.352 e. The first-order valence-corrected chi connectivity index (χ1v) is 5.22. The largest absolute Gasteiger partial charge is 0.352 e. The molecular weight excluding hydrogens is 219 g/mol. The number of benzene rings is 1. The van der Waals surface area contributed by atoms with Crippen LogP contribution in [-0.4, -0.2) is 9.78 Å². The van der Waals surface area contributed by atoms with E-state index in [0.717, 1.165) is 12.2 Å². The summed E-state index contributed by atoms with van der Waals surface area (Å²) < 4.78 is 15.1. The lowest BCUT2D eigenvalue weighted by Gasteiger charge is -2.05. The van der Waals surface area contributed by atoms with Gasteiger partial charge in [-0.1, -0.05) is 6.07 Å². The number of aryl methyl sites for hydroxylation is 1. The van der Waals surface area contributed by atoms with E-state index in [1.54, 1.807) is 29.2 Å². The summed E-state index contributed by atoms with van der Waals surface area (Å²) in [6, 6.07) is 6.32. The van der Waals surface area contributed by atoms with Crippen molar-refractivity contribution in [2.24, 2.45) is 0 Å². The van der Waals surface area contributed by atoms with Crippen molar-refractivity contribution in [3.8, 4) is 6.07 Å². The van der Waals surface area contributed by atoms with Crippen LogP contribution in [-0.2, 0) is 6.54 Å². The molecule has 4 nitrogen and oxygen atoms in total. The van der Waals surface area contributed by atoms with Gasteiger partial charge in [0.1, 0.15) is 17.4 Å². The predicted molar refractivity (Wildman–Crippen MR) is 62.3 cm³/mol. The molecule has 1 aromatic heterocycles. The first-order chi connectivity index (χ1) is 8.24. The number of aromatic nitrogens is 2. The van der Waals surface area contributed by atoms with Gasteiger partial charge in [0.05, 0.1) is 17.6 Å². The van der Waals surface area contributed by atoms with E-state index in [0.29, 0.717) is 5.69 Å². The molecule has 0 aliphatic rings. The standard InChI is InChI=1S/C12H11FN4/c1-2-17-8-9(7-15-17)16-12-5-3-4-11(13)10(12)6-14/h3-5,7-8,16H,2H2,1H3. The quantitative estimate of drug-likeness (QED) is 0.881. The van der Waals surface area contributed by atoms with Gasteiger partial charge in [0.25, 0.3) is 0 Å². The number of halogens is 1. The van der Waals surface area contributed by atoms with Crippen molar-refractivity contribution in [3.05, 3.63) is 42.0 Å². The van der Waals surface area contributed by atoms with E-state index in [1.807, 2.05) is 13.0 Å². The van der Waals surface area contributed by atoms with Crippen LogP contribution >= 0.6 is 0 Å². The maximum Gasteiger partial charge on any atom is 0.143 e. The second-order valence-corrected chi connectivity index (χ2v) is 3.48. The molecule has 0 spiro atoms. The Morgan fingerprint density at radius 1 is 1.53 bits per heavy atom. The molecule has 0 aliphatic heterocycles. The van der Waals surface area contributed by atoms with E-state index in [-0.39, 0.29) is 5.56 Å². The molecule has 0 saturated carbocycles. The van der Waals surface area contributed by atoms with Crippen LogP contribution in [0.5, 0.6) is 0 Å². The molecule has 0 amide bonds. The Morgan fingerprint density at radius 2 is 2.35 bits per heavy atom. The minimum absolute atomic E-state index is 0.0109. The monoisotopic (exact) mass is 230 g/mol. The molecule has 86 valence electrons. The van der Waals surface area contributed by atoms with Crippen LogP contribution in [0.3, 0.4) is 0 Å². The molecular formula is C12H11FN4.